The van der Waals surface area contributed by atoms with Crippen LogP contribution in [0.4, 0.5) is 0 Å². The molecule has 0 amide bonds. The number of rotatable bonds is 3. The van der Waals surface area contributed by atoms with E-state index in [0.29, 0.717) is 31.3 Å². The zero-order valence-electron chi connectivity index (χ0n) is 12.4. The van der Waals surface area contributed by atoms with E-state index in [2.05, 4.69) is 5.32 Å². The molecule has 1 saturated heterocycles. The average molecular weight is 342 g/mol. The maximum Gasteiger partial charge on any atom is 0.322 e. The molecule has 2 heterocycles. The van der Waals surface area contributed by atoms with Gasteiger partial charge in [0.1, 0.15) is 6.04 Å². The number of fused-ring (bicyclic) bond motifs is 1. The van der Waals surface area contributed by atoms with E-state index in [1.807, 2.05) is 0 Å². The van der Waals surface area contributed by atoms with Gasteiger partial charge in [-0.1, -0.05) is 0 Å². The predicted molar refractivity (Wildman–Crippen MR) is 80.2 cm³/mol. The number of ether oxygens (including phenoxy) is 2. The van der Waals surface area contributed by atoms with Crippen LogP contribution in [-0.2, 0) is 14.8 Å². The highest BCUT2D eigenvalue weighted by molar-refractivity contribution is 7.89. The van der Waals surface area contributed by atoms with Crippen LogP contribution < -0.4 is 14.8 Å². The minimum atomic E-state index is -3.78. The molecule has 126 valence electrons. The van der Waals surface area contributed by atoms with Crippen molar-refractivity contribution < 1.29 is 27.8 Å². The number of nitrogens with zero attached hydrogens (tertiary/aromatic N) is 1. The molecule has 0 aromatic heterocycles. The summed E-state index contributed by atoms with van der Waals surface area (Å²) in [4.78, 5) is 11.1. The van der Waals surface area contributed by atoms with Crippen molar-refractivity contribution in [3.8, 4) is 11.5 Å². The summed E-state index contributed by atoms with van der Waals surface area (Å²) in [5.74, 6) is -0.151. The number of carboxylic acid groups (broad SMARTS) is 1. The van der Waals surface area contributed by atoms with Gasteiger partial charge in [0, 0.05) is 32.1 Å². The molecule has 0 radical (unpaired) electrons. The van der Waals surface area contributed by atoms with Crippen molar-refractivity contribution >= 4 is 16.0 Å². The van der Waals surface area contributed by atoms with Gasteiger partial charge in [-0.15, -0.1) is 0 Å². The second-order valence-electron chi connectivity index (χ2n) is 5.37. The summed E-state index contributed by atoms with van der Waals surface area (Å²) in [6.45, 7) is 1.40. The van der Waals surface area contributed by atoms with E-state index in [0.717, 1.165) is 6.42 Å². The fourth-order valence-corrected chi connectivity index (χ4v) is 4.03. The minimum Gasteiger partial charge on any atom is -0.490 e. The molecular formula is C14H18N2O6S. The molecule has 0 bridgehead atoms. The first-order valence-electron chi connectivity index (χ1n) is 7.34. The summed E-state index contributed by atoms with van der Waals surface area (Å²) >= 11 is 0. The van der Waals surface area contributed by atoms with Gasteiger partial charge in [-0.3, -0.25) is 4.79 Å². The summed E-state index contributed by atoms with van der Waals surface area (Å²) < 4.78 is 37.7. The molecule has 1 fully saturated rings. The first kappa shape index (κ1) is 16.0. The predicted octanol–water partition coefficient (Wildman–Crippen LogP) is -0.105. The van der Waals surface area contributed by atoms with Gasteiger partial charge in [-0.25, -0.2) is 8.42 Å². The van der Waals surface area contributed by atoms with Crippen molar-refractivity contribution in [1.29, 1.82) is 0 Å². The molecule has 0 aliphatic carbocycles. The lowest BCUT2D eigenvalue weighted by atomic mass is 10.2. The molecular weight excluding hydrogens is 324 g/mol. The van der Waals surface area contributed by atoms with E-state index in [9.17, 15) is 13.2 Å². The molecule has 23 heavy (non-hydrogen) atoms. The number of carbonyl (C=O) groups is 1. The molecule has 9 heteroatoms. The Hall–Kier alpha value is -1.84. The molecule has 1 aromatic carbocycles. The van der Waals surface area contributed by atoms with E-state index < -0.39 is 22.0 Å². The van der Waals surface area contributed by atoms with E-state index in [1.54, 1.807) is 6.07 Å². The smallest absolute Gasteiger partial charge is 0.322 e. The van der Waals surface area contributed by atoms with Gasteiger partial charge in [0.05, 0.1) is 18.1 Å². The fraction of sp³-hybridized carbons (Fsp3) is 0.500. The number of carboxylic acids is 1. The number of benzene rings is 1. The van der Waals surface area contributed by atoms with Crippen molar-refractivity contribution in [3.05, 3.63) is 18.2 Å². The number of nitrogens with one attached hydrogen (secondary N) is 1. The first-order valence-corrected chi connectivity index (χ1v) is 8.78. The second-order valence-corrected chi connectivity index (χ2v) is 7.30. The summed E-state index contributed by atoms with van der Waals surface area (Å²) in [5.41, 5.74) is 0. The van der Waals surface area contributed by atoms with E-state index in [1.165, 1.54) is 16.4 Å². The van der Waals surface area contributed by atoms with Gasteiger partial charge in [-0.2, -0.15) is 4.31 Å². The molecule has 0 unspecified atom stereocenters. The fourth-order valence-electron chi connectivity index (χ4n) is 2.56. The van der Waals surface area contributed by atoms with Crippen molar-refractivity contribution in [2.45, 2.75) is 17.4 Å². The van der Waals surface area contributed by atoms with Gasteiger partial charge >= 0.3 is 5.97 Å². The summed E-state index contributed by atoms with van der Waals surface area (Å²) in [6.07, 6.45) is 0.731. The van der Waals surface area contributed by atoms with Gasteiger partial charge in [0.15, 0.2) is 11.5 Å². The van der Waals surface area contributed by atoms with Crippen LogP contribution in [0.25, 0.3) is 0 Å². The van der Waals surface area contributed by atoms with Crippen LogP contribution in [0.3, 0.4) is 0 Å². The largest absolute Gasteiger partial charge is 0.490 e. The Bertz CT molecular complexity index is 705. The highest BCUT2D eigenvalue weighted by Gasteiger charge is 2.33. The van der Waals surface area contributed by atoms with Gasteiger partial charge in [0.2, 0.25) is 10.0 Å². The average Bonchev–Trinajstić information content (AvgIpc) is 2.79. The van der Waals surface area contributed by atoms with Crippen molar-refractivity contribution in [2.24, 2.45) is 0 Å². The van der Waals surface area contributed by atoms with E-state index >= 15 is 0 Å². The molecule has 0 saturated carbocycles. The number of piperazine rings is 1. The zero-order chi connectivity index (χ0) is 16.4. The van der Waals surface area contributed by atoms with Gasteiger partial charge in [-0.05, 0) is 12.1 Å². The molecule has 2 aliphatic rings. The quantitative estimate of drug-likeness (QED) is 0.790. The number of sulfonamides is 1. The van der Waals surface area contributed by atoms with Crippen LogP contribution >= 0.6 is 0 Å². The van der Waals surface area contributed by atoms with Crippen LogP contribution in [0.5, 0.6) is 11.5 Å². The summed E-state index contributed by atoms with van der Waals surface area (Å²) in [5, 5.41) is 11.8. The lowest BCUT2D eigenvalue weighted by Gasteiger charge is -2.30. The van der Waals surface area contributed by atoms with E-state index in [-0.39, 0.29) is 18.0 Å². The molecule has 1 atom stereocenters. The lowest BCUT2D eigenvalue weighted by molar-refractivity contribution is -0.140. The van der Waals surface area contributed by atoms with Crippen LogP contribution in [0.15, 0.2) is 23.1 Å². The molecule has 8 nitrogen and oxygen atoms in total. The number of hydrogen-bond acceptors (Lipinski definition) is 6. The van der Waals surface area contributed by atoms with Crippen LogP contribution in [0, 0.1) is 0 Å². The standard InChI is InChI=1S/C14H18N2O6S/c17-14(18)11-9-16(5-4-15-11)23(19,20)10-2-3-12-13(8-10)22-7-1-6-21-12/h2-3,8,11,15H,1,4-7,9H2,(H,17,18)/t11-/m0/s1. The molecule has 1 aromatic rings. The number of aliphatic carboxylic acids is 1. The monoisotopic (exact) mass is 342 g/mol. The SMILES string of the molecule is O=C(O)[C@@H]1CN(S(=O)(=O)c2ccc3c(c2)OCCCO3)CCN1. The Balaban J connectivity index is 1.87. The van der Waals surface area contributed by atoms with Crippen molar-refractivity contribution in [3.63, 3.8) is 0 Å². The van der Waals surface area contributed by atoms with Gasteiger partial charge in [0.25, 0.3) is 0 Å². The highest BCUT2D eigenvalue weighted by Crippen LogP contribution is 2.33. The van der Waals surface area contributed by atoms with Crippen LogP contribution in [0.2, 0.25) is 0 Å². The van der Waals surface area contributed by atoms with Crippen LogP contribution in [0.1, 0.15) is 6.42 Å². The zero-order valence-corrected chi connectivity index (χ0v) is 13.2. The molecule has 2 aliphatic heterocycles. The third-order valence-electron chi connectivity index (χ3n) is 3.79. The first-order chi connectivity index (χ1) is 11.0. The summed E-state index contributed by atoms with van der Waals surface area (Å²) in [7, 11) is -3.78. The Morgan fingerprint density at radius 2 is 2.00 bits per heavy atom. The van der Waals surface area contributed by atoms with Crippen LogP contribution in [-0.4, -0.2) is 62.7 Å². The Labute approximate surface area is 134 Å². The topological polar surface area (TPSA) is 105 Å². The molecule has 3 rings (SSSR count). The third-order valence-corrected chi connectivity index (χ3v) is 5.65. The van der Waals surface area contributed by atoms with Crippen molar-refractivity contribution in [2.75, 3.05) is 32.8 Å². The normalized spacial score (nSPS) is 22.3. The lowest BCUT2D eigenvalue weighted by Crippen LogP contribution is -2.55. The Kier molecular flexibility index (Phi) is 4.42. The number of hydrogen-bond donors (Lipinski definition) is 2. The molecule has 2 N–H and O–H groups in total. The Morgan fingerprint density at radius 3 is 2.74 bits per heavy atom. The summed E-state index contributed by atoms with van der Waals surface area (Å²) in [6, 6.07) is 3.57. The molecule has 0 spiro atoms. The second kappa shape index (κ2) is 6.34. The highest BCUT2D eigenvalue weighted by atomic mass is 32.2. The maximum absolute atomic E-state index is 12.7. The Morgan fingerprint density at radius 1 is 1.26 bits per heavy atom. The maximum atomic E-state index is 12.7. The minimum absolute atomic E-state index is 0.0767. The third kappa shape index (κ3) is 3.26. The van der Waals surface area contributed by atoms with Gasteiger partial charge < -0.3 is 19.9 Å². The van der Waals surface area contributed by atoms with E-state index in [4.69, 9.17) is 14.6 Å². The van der Waals surface area contributed by atoms with Crippen molar-refractivity contribution in [1.82, 2.24) is 9.62 Å².